The average Bonchev–Trinajstić information content (AvgIpc) is 3.33. The molecule has 0 spiro atoms. The molecule has 4 heterocycles. The molecule has 4 rings (SSSR count). The number of fused-ring (bicyclic) bond motifs is 1. The number of oxime groups is 1. The van der Waals surface area contributed by atoms with Crippen molar-refractivity contribution in [1.82, 2.24) is 19.6 Å². The molecular formula is C20H23N7O9PS2+. The van der Waals surface area contributed by atoms with Gasteiger partial charge in [-0.3, -0.25) is 19.6 Å². The number of carbonyl (C=O) groups is 3. The predicted molar refractivity (Wildman–Crippen MR) is 137 cm³/mol. The fourth-order valence-electron chi connectivity index (χ4n) is 3.72. The van der Waals surface area contributed by atoms with Crippen molar-refractivity contribution in [3.05, 3.63) is 41.6 Å². The standard InChI is InChI=1S/C20H22N7O9PS2/c1-3-36-23-12(15-22-20(39-25-15)24-37(32,33)34)16(28)21-13-17(29)27-14(19(30)31)10(9-38-18(13)27)8-26-6-4-11(35-2)5-7-26/h4-7,13,18H,3,8-9H2,1-2H3,(H4-,21,22,24,25,28,30,31,32,33,34)/p+1/t13?,18-/m1/s1. The second-order valence-electron chi connectivity index (χ2n) is 7.97. The summed E-state index contributed by atoms with van der Waals surface area (Å²) < 4.78 is 21.9. The number of carboxylic acids is 1. The van der Waals surface area contributed by atoms with Gasteiger partial charge in [-0.15, -0.1) is 11.8 Å². The topological polar surface area (TPSA) is 217 Å². The lowest BCUT2D eigenvalue weighted by Gasteiger charge is -2.49. The molecule has 16 nitrogen and oxygen atoms in total. The molecule has 0 radical (unpaired) electrons. The van der Waals surface area contributed by atoms with Gasteiger partial charge in [0.15, 0.2) is 18.9 Å². The van der Waals surface area contributed by atoms with Crippen LogP contribution in [0.2, 0.25) is 0 Å². The van der Waals surface area contributed by atoms with Crippen molar-refractivity contribution < 1.29 is 48.0 Å². The summed E-state index contributed by atoms with van der Waals surface area (Å²) in [5.74, 6) is -2.12. The van der Waals surface area contributed by atoms with E-state index >= 15 is 0 Å². The Bertz CT molecular complexity index is 1390. The molecule has 208 valence electrons. The summed E-state index contributed by atoms with van der Waals surface area (Å²) in [6.07, 6.45) is 3.46. The number of carbonyl (C=O) groups excluding carboxylic acids is 2. The third-order valence-electron chi connectivity index (χ3n) is 5.39. The van der Waals surface area contributed by atoms with Crippen molar-refractivity contribution in [2.75, 3.05) is 24.6 Å². The maximum Gasteiger partial charge on any atom is 0.429 e. The summed E-state index contributed by atoms with van der Waals surface area (Å²) in [6, 6.07) is 2.39. The van der Waals surface area contributed by atoms with Crippen molar-refractivity contribution in [2.24, 2.45) is 5.16 Å². The van der Waals surface area contributed by atoms with Gasteiger partial charge in [0, 0.05) is 35.0 Å². The van der Waals surface area contributed by atoms with Gasteiger partial charge in [0.25, 0.3) is 11.8 Å². The van der Waals surface area contributed by atoms with Crippen LogP contribution < -0.4 is 19.7 Å². The van der Waals surface area contributed by atoms with E-state index in [4.69, 9.17) is 19.4 Å². The van der Waals surface area contributed by atoms with E-state index < -0.39 is 42.7 Å². The third-order valence-corrected chi connectivity index (χ3v) is 8.01. The van der Waals surface area contributed by atoms with Crippen LogP contribution in [-0.2, 0) is 30.3 Å². The maximum absolute atomic E-state index is 13.0. The number of methoxy groups -OCH3 is 1. The number of amides is 2. The van der Waals surface area contributed by atoms with Gasteiger partial charge in [-0.05, 0) is 6.92 Å². The molecular weight excluding hydrogens is 577 g/mol. The SMILES string of the molecule is CCON=C(C(=O)NC1C(=O)N2C(C(=O)O)=C(C[n+]3ccc(OC)cc3)CS[C@H]12)c1nsc(NP(=O)(O)O)n1. The maximum atomic E-state index is 13.0. The van der Waals surface area contributed by atoms with Crippen LogP contribution in [0, 0.1) is 0 Å². The minimum atomic E-state index is -4.66. The molecule has 0 aliphatic carbocycles. The Morgan fingerprint density at radius 1 is 1.33 bits per heavy atom. The molecule has 2 amide bonds. The number of pyridine rings is 1. The molecule has 19 heteroatoms. The lowest BCUT2D eigenvalue weighted by Crippen LogP contribution is -2.71. The zero-order valence-electron chi connectivity index (χ0n) is 20.4. The van der Waals surface area contributed by atoms with Gasteiger partial charge in [-0.2, -0.15) is 9.36 Å². The highest BCUT2D eigenvalue weighted by Crippen LogP contribution is 2.40. The molecule has 0 saturated carbocycles. The number of hydrogen-bond acceptors (Lipinski definition) is 11. The van der Waals surface area contributed by atoms with Gasteiger partial charge >= 0.3 is 13.7 Å². The number of aromatic nitrogens is 3. The third kappa shape index (κ3) is 6.36. The summed E-state index contributed by atoms with van der Waals surface area (Å²) in [5, 5.41) is 17.0. The van der Waals surface area contributed by atoms with E-state index in [9.17, 15) is 24.1 Å². The molecule has 2 aliphatic heterocycles. The molecule has 0 aromatic carbocycles. The van der Waals surface area contributed by atoms with Crippen molar-refractivity contribution in [1.29, 1.82) is 0 Å². The minimum absolute atomic E-state index is 0.0882. The molecule has 0 bridgehead atoms. The van der Waals surface area contributed by atoms with Gasteiger partial charge in [0.05, 0.1) is 7.11 Å². The number of ether oxygens (including phenoxy) is 1. The Labute approximate surface area is 229 Å². The molecule has 39 heavy (non-hydrogen) atoms. The van der Waals surface area contributed by atoms with Gasteiger partial charge < -0.3 is 29.8 Å². The molecule has 1 fully saturated rings. The Balaban J connectivity index is 1.51. The normalized spacial score (nSPS) is 19.2. The van der Waals surface area contributed by atoms with Crippen LogP contribution in [0.5, 0.6) is 5.75 Å². The van der Waals surface area contributed by atoms with Crippen LogP contribution >= 0.6 is 31.0 Å². The summed E-state index contributed by atoms with van der Waals surface area (Å²) in [4.78, 5) is 66.3. The first kappa shape index (κ1) is 28.4. The smallest absolute Gasteiger partial charge is 0.429 e. The Hall–Kier alpha value is -3.57. The lowest BCUT2D eigenvalue weighted by molar-refractivity contribution is -0.689. The zero-order chi connectivity index (χ0) is 28.3. The van der Waals surface area contributed by atoms with Gasteiger partial charge in [-0.1, -0.05) is 5.16 Å². The van der Waals surface area contributed by atoms with E-state index in [1.807, 2.05) is 5.09 Å². The zero-order valence-corrected chi connectivity index (χ0v) is 22.9. The van der Waals surface area contributed by atoms with Crippen LogP contribution in [0.25, 0.3) is 0 Å². The number of nitrogens with one attached hydrogen (secondary N) is 2. The monoisotopic (exact) mass is 600 g/mol. The highest BCUT2D eigenvalue weighted by atomic mass is 32.2. The molecule has 1 saturated heterocycles. The molecule has 1 unspecified atom stereocenters. The van der Waals surface area contributed by atoms with Crippen LogP contribution in [-0.4, -0.2) is 83.5 Å². The van der Waals surface area contributed by atoms with Crippen LogP contribution in [0.3, 0.4) is 0 Å². The van der Waals surface area contributed by atoms with Gasteiger partial charge in [0.2, 0.25) is 16.7 Å². The number of rotatable bonds is 11. The molecule has 2 atom stereocenters. The highest BCUT2D eigenvalue weighted by molar-refractivity contribution is 8.00. The summed E-state index contributed by atoms with van der Waals surface area (Å²) >= 11 is 1.87. The number of thioether (sulfide) groups is 1. The lowest BCUT2D eigenvalue weighted by atomic mass is 10.0. The number of β-lactam (4-membered cyclic amide) rings is 1. The van der Waals surface area contributed by atoms with Crippen molar-refractivity contribution in [3.63, 3.8) is 0 Å². The van der Waals surface area contributed by atoms with Crippen molar-refractivity contribution in [2.45, 2.75) is 24.9 Å². The number of hydrogen-bond donors (Lipinski definition) is 5. The first-order valence-corrected chi connectivity index (χ1v) is 14.6. The predicted octanol–water partition coefficient (Wildman–Crippen LogP) is -0.482. The van der Waals surface area contributed by atoms with E-state index in [0.717, 1.165) is 4.90 Å². The number of anilines is 1. The fourth-order valence-corrected chi connectivity index (χ4v) is 6.30. The molecule has 2 aliphatic rings. The molecule has 5 N–H and O–H groups in total. The van der Waals surface area contributed by atoms with Gasteiger partial charge in [-0.25, -0.2) is 13.9 Å². The van der Waals surface area contributed by atoms with Crippen LogP contribution in [0.4, 0.5) is 5.13 Å². The van der Waals surface area contributed by atoms with Crippen molar-refractivity contribution in [3.8, 4) is 5.75 Å². The van der Waals surface area contributed by atoms with E-state index in [2.05, 4.69) is 19.8 Å². The van der Waals surface area contributed by atoms with E-state index in [0.29, 0.717) is 28.6 Å². The number of nitrogens with zero attached hydrogens (tertiary/aromatic N) is 5. The first-order chi connectivity index (χ1) is 18.5. The summed E-state index contributed by atoms with van der Waals surface area (Å²) in [6.45, 7) is 1.94. The second kappa shape index (κ2) is 11.7. The van der Waals surface area contributed by atoms with Gasteiger partial charge in [0.1, 0.15) is 29.5 Å². The Morgan fingerprint density at radius 2 is 2.05 bits per heavy atom. The van der Waals surface area contributed by atoms with Crippen LogP contribution in [0.1, 0.15) is 12.7 Å². The van der Waals surface area contributed by atoms with Crippen LogP contribution in [0.15, 0.2) is 41.0 Å². The van der Waals surface area contributed by atoms with E-state index in [1.54, 1.807) is 36.0 Å². The Morgan fingerprint density at radius 3 is 2.67 bits per heavy atom. The molecule has 2 aromatic rings. The molecule has 2 aromatic heterocycles. The summed E-state index contributed by atoms with van der Waals surface area (Å²) in [5.41, 5.74) is -0.0491. The number of aliphatic carboxylic acids is 1. The summed E-state index contributed by atoms with van der Waals surface area (Å²) in [7, 11) is -3.13. The quantitative estimate of drug-likeness (QED) is 0.0725. The average molecular weight is 601 g/mol. The second-order valence-corrected chi connectivity index (χ2v) is 11.1. The Kier molecular flexibility index (Phi) is 8.51. The minimum Gasteiger partial charge on any atom is -0.496 e. The van der Waals surface area contributed by atoms with Crippen molar-refractivity contribution >= 4 is 59.7 Å². The fraction of sp³-hybridized carbons (Fsp3) is 0.350. The van der Waals surface area contributed by atoms with E-state index in [1.165, 1.54) is 18.9 Å². The number of carboxylic acid groups (broad SMARTS) is 1. The first-order valence-electron chi connectivity index (χ1n) is 11.1. The van der Waals surface area contributed by atoms with E-state index in [-0.39, 0.29) is 29.8 Å². The highest BCUT2D eigenvalue weighted by Gasteiger charge is 2.55. The largest absolute Gasteiger partial charge is 0.496 e.